The van der Waals surface area contributed by atoms with E-state index in [0.29, 0.717) is 5.69 Å². The minimum Gasteiger partial charge on any atom is -0.479 e. The molecular formula is C10H14N2O3S. The molecule has 5 nitrogen and oxygen atoms in total. The van der Waals surface area contributed by atoms with E-state index in [1.807, 2.05) is 0 Å². The first kappa shape index (κ1) is 12.6. The Labute approximate surface area is 97.7 Å². The molecule has 0 aliphatic carbocycles. The van der Waals surface area contributed by atoms with Crippen molar-refractivity contribution >= 4 is 23.2 Å². The van der Waals surface area contributed by atoms with E-state index in [9.17, 15) is 14.7 Å². The molecule has 0 fully saturated rings. The van der Waals surface area contributed by atoms with Crippen molar-refractivity contribution in [1.29, 1.82) is 0 Å². The largest absolute Gasteiger partial charge is 0.479 e. The van der Waals surface area contributed by atoms with E-state index in [-0.39, 0.29) is 11.9 Å². The van der Waals surface area contributed by atoms with Gasteiger partial charge in [-0.1, -0.05) is 0 Å². The van der Waals surface area contributed by atoms with Crippen molar-refractivity contribution in [1.82, 2.24) is 9.88 Å². The molecule has 1 N–H and O–H groups in total. The lowest BCUT2D eigenvalue weighted by Crippen LogP contribution is -2.42. The molecule has 6 heteroatoms. The van der Waals surface area contributed by atoms with Crippen LogP contribution in [0.1, 0.15) is 32.5 Å². The van der Waals surface area contributed by atoms with Crippen LogP contribution in [0.15, 0.2) is 10.9 Å². The molecule has 1 heterocycles. The summed E-state index contributed by atoms with van der Waals surface area (Å²) in [6.07, 6.45) is 0. The zero-order valence-corrected chi connectivity index (χ0v) is 10.2. The Morgan fingerprint density at radius 2 is 2.12 bits per heavy atom. The van der Waals surface area contributed by atoms with Crippen LogP contribution in [0.3, 0.4) is 0 Å². The van der Waals surface area contributed by atoms with Crippen LogP contribution < -0.4 is 0 Å². The van der Waals surface area contributed by atoms with Gasteiger partial charge in [-0.05, 0) is 13.8 Å². The molecule has 0 radical (unpaired) electrons. The number of carboxylic acid groups (broad SMARTS) is 1. The van der Waals surface area contributed by atoms with Crippen LogP contribution in [-0.4, -0.2) is 32.9 Å². The Morgan fingerprint density at radius 1 is 1.50 bits per heavy atom. The van der Waals surface area contributed by atoms with E-state index < -0.39 is 12.0 Å². The summed E-state index contributed by atoms with van der Waals surface area (Å²) in [5.74, 6) is -1.33. The minimum atomic E-state index is -1.06. The number of thiazole rings is 1. The lowest BCUT2D eigenvalue weighted by atomic mass is 10.1. The third kappa shape index (κ3) is 2.57. The lowest BCUT2D eigenvalue weighted by Gasteiger charge is -2.30. The second-order valence-corrected chi connectivity index (χ2v) is 4.39. The maximum absolute atomic E-state index is 11.5. The van der Waals surface area contributed by atoms with Crippen molar-refractivity contribution in [3.05, 3.63) is 16.6 Å². The maximum Gasteiger partial charge on any atom is 0.332 e. The second-order valence-electron chi connectivity index (χ2n) is 3.67. The van der Waals surface area contributed by atoms with Crippen LogP contribution in [0.5, 0.6) is 0 Å². The van der Waals surface area contributed by atoms with E-state index in [1.165, 1.54) is 23.2 Å². The number of carbonyl (C=O) groups excluding carboxylic acids is 1. The van der Waals surface area contributed by atoms with Crippen molar-refractivity contribution in [2.24, 2.45) is 0 Å². The van der Waals surface area contributed by atoms with Gasteiger partial charge in [0.2, 0.25) is 5.91 Å². The first-order chi connectivity index (χ1) is 7.45. The van der Waals surface area contributed by atoms with Crippen molar-refractivity contribution in [3.63, 3.8) is 0 Å². The van der Waals surface area contributed by atoms with Gasteiger partial charge in [0.1, 0.15) is 0 Å². The van der Waals surface area contributed by atoms with Crippen LogP contribution in [0.4, 0.5) is 0 Å². The summed E-state index contributed by atoms with van der Waals surface area (Å²) < 4.78 is 0. The molecule has 0 spiro atoms. The molecule has 1 amide bonds. The summed E-state index contributed by atoms with van der Waals surface area (Å²) in [5, 5.41) is 10.8. The van der Waals surface area contributed by atoms with Gasteiger partial charge in [0.05, 0.1) is 11.2 Å². The zero-order chi connectivity index (χ0) is 12.3. The fraction of sp³-hybridized carbons (Fsp3) is 0.500. The van der Waals surface area contributed by atoms with E-state index in [2.05, 4.69) is 4.98 Å². The van der Waals surface area contributed by atoms with Gasteiger partial charge >= 0.3 is 5.97 Å². The van der Waals surface area contributed by atoms with E-state index in [1.54, 1.807) is 24.7 Å². The van der Waals surface area contributed by atoms with Gasteiger partial charge in [-0.25, -0.2) is 9.78 Å². The molecule has 0 saturated heterocycles. The van der Waals surface area contributed by atoms with Gasteiger partial charge in [-0.3, -0.25) is 4.79 Å². The number of hydrogen-bond acceptors (Lipinski definition) is 4. The van der Waals surface area contributed by atoms with Crippen LogP contribution in [0.2, 0.25) is 0 Å². The summed E-state index contributed by atoms with van der Waals surface area (Å²) in [4.78, 5) is 28.0. The van der Waals surface area contributed by atoms with Gasteiger partial charge in [0.15, 0.2) is 6.04 Å². The van der Waals surface area contributed by atoms with Crippen molar-refractivity contribution in [2.45, 2.75) is 32.9 Å². The van der Waals surface area contributed by atoms with Crippen molar-refractivity contribution < 1.29 is 14.7 Å². The molecule has 88 valence electrons. The molecule has 0 aromatic carbocycles. The standard InChI is InChI=1S/C10H14N2O3S/c1-6(2)12(7(3)13)9(10(14)15)8-4-16-5-11-8/h4-6,9H,1-3H3,(H,14,15). The van der Waals surface area contributed by atoms with Crippen molar-refractivity contribution in [3.8, 4) is 0 Å². The van der Waals surface area contributed by atoms with Crippen LogP contribution >= 0.6 is 11.3 Å². The van der Waals surface area contributed by atoms with E-state index >= 15 is 0 Å². The lowest BCUT2D eigenvalue weighted by molar-refractivity contribution is -0.151. The Kier molecular flexibility index (Phi) is 4.00. The topological polar surface area (TPSA) is 70.5 Å². The Bertz CT molecular complexity index is 375. The van der Waals surface area contributed by atoms with Gasteiger partial charge in [0, 0.05) is 18.3 Å². The molecule has 1 atom stereocenters. The first-order valence-electron chi connectivity index (χ1n) is 4.85. The molecule has 0 aliphatic rings. The maximum atomic E-state index is 11.5. The number of hydrogen-bond donors (Lipinski definition) is 1. The predicted octanol–water partition coefficient (Wildman–Crippen LogP) is 1.53. The molecule has 1 aromatic rings. The van der Waals surface area contributed by atoms with Crippen LogP contribution in [-0.2, 0) is 9.59 Å². The highest BCUT2D eigenvalue weighted by Gasteiger charge is 2.32. The average Bonchev–Trinajstić information content (AvgIpc) is 2.64. The number of carboxylic acids is 1. The number of aromatic nitrogens is 1. The minimum absolute atomic E-state index is 0.180. The number of rotatable bonds is 4. The summed E-state index contributed by atoms with van der Waals surface area (Å²) in [5.41, 5.74) is 1.96. The highest BCUT2D eigenvalue weighted by atomic mass is 32.1. The Morgan fingerprint density at radius 3 is 2.44 bits per heavy atom. The summed E-state index contributed by atoms with van der Waals surface area (Å²) >= 11 is 1.31. The normalized spacial score (nSPS) is 12.5. The Balaban J connectivity index is 3.10. The summed E-state index contributed by atoms with van der Waals surface area (Å²) in [7, 11) is 0. The molecule has 16 heavy (non-hydrogen) atoms. The van der Waals surface area contributed by atoms with E-state index in [0.717, 1.165) is 0 Å². The second kappa shape index (κ2) is 5.07. The molecular weight excluding hydrogens is 228 g/mol. The molecule has 1 rings (SSSR count). The predicted molar refractivity (Wildman–Crippen MR) is 60.1 cm³/mol. The monoisotopic (exact) mass is 242 g/mol. The smallest absolute Gasteiger partial charge is 0.332 e. The summed E-state index contributed by atoms with van der Waals surface area (Å²) in [6.45, 7) is 4.93. The third-order valence-electron chi connectivity index (χ3n) is 2.16. The number of aliphatic carboxylic acids is 1. The highest BCUT2D eigenvalue weighted by Crippen LogP contribution is 2.23. The fourth-order valence-corrected chi connectivity index (χ4v) is 2.16. The molecule has 0 aliphatic heterocycles. The molecule has 1 aromatic heterocycles. The molecule has 1 unspecified atom stereocenters. The number of nitrogens with zero attached hydrogens (tertiary/aromatic N) is 2. The van der Waals surface area contributed by atoms with E-state index in [4.69, 9.17) is 0 Å². The number of carbonyl (C=O) groups is 2. The van der Waals surface area contributed by atoms with Gasteiger partial charge < -0.3 is 10.0 Å². The van der Waals surface area contributed by atoms with Gasteiger partial charge in [0.25, 0.3) is 0 Å². The quantitative estimate of drug-likeness (QED) is 0.869. The highest BCUT2D eigenvalue weighted by molar-refractivity contribution is 7.07. The summed E-state index contributed by atoms with van der Waals surface area (Å²) in [6, 6.07) is -1.18. The van der Waals surface area contributed by atoms with Gasteiger partial charge in [-0.15, -0.1) is 11.3 Å². The fourth-order valence-electron chi connectivity index (χ4n) is 1.59. The zero-order valence-electron chi connectivity index (χ0n) is 9.38. The molecule has 0 bridgehead atoms. The van der Waals surface area contributed by atoms with Crippen LogP contribution in [0, 0.1) is 0 Å². The first-order valence-corrected chi connectivity index (χ1v) is 5.79. The number of amides is 1. The van der Waals surface area contributed by atoms with Gasteiger partial charge in [-0.2, -0.15) is 0 Å². The average molecular weight is 242 g/mol. The third-order valence-corrected chi connectivity index (χ3v) is 2.77. The Hall–Kier alpha value is -1.43. The molecule has 0 saturated carbocycles. The van der Waals surface area contributed by atoms with Crippen molar-refractivity contribution in [2.75, 3.05) is 0 Å². The van der Waals surface area contributed by atoms with Crippen LogP contribution in [0.25, 0.3) is 0 Å². The SMILES string of the molecule is CC(=O)N(C(C)C)C(C(=O)O)c1cscn1.